The van der Waals surface area contributed by atoms with Crippen molar-refractivity contribution in [2.75, 3.05) is 54.5 Å². The molecular formula is C55H72N8O8. The highest BCUT2D eigenvalue weighted by atomic mass is 16.5. The summed E-state index contributed by atoms with van der Waals surface area (Å²) in [5.41, 5.74) is 8.34. The molecule has 4 aliphatic rings. The maximum Gasteiger partial charge on any atom is 0.324 e. The molecule has 2 saturated heterocycles. The summed E-state index contributed by atoms with van der Waals surface area (Å²) in [4.78, 5) is 85.5. The third-order valence-electron chi connectivity index (χ3n) is 15.4. The zero-order valence-electron chi connectivity index (χ0n) is 43.4. The smallest absolute Gasteiger partial charge is 0.324 e. The van der Waals surface area contributed by atoms with Crippen molar-refractivity contribution in [2.45, 2.75) is 118 Å². The maximum absolute atomic E-state index is 15.1. The highest BCUT2D eigenvalue weighted by Crippen LogP contribution is 2.49. The summed E-state index contributed by atoms with van der Waals surface area (Å²) >= 11 is 0. The van der Waals surface area contributed by atoms with Crippen molar-refractivity contribution in [2.24, 2.45) is 27.7 Å². The number of nitrogens with zero attached hydrogens (tertiary/aromatic N) is 7. The molecule has 2 N–H and O–H groups in total. The first-order valence-electron chi connectivity index (χ1n) is 25.1. The number of nitrogens with one attached hydrogen (secondary N) is 1. The van der Waals surface area contributed by atoms with Crippen LogP contribution in [-0.2, 0) is 59.4 Å². The molecule has 6 bridgehead atoms. The Bertz CT molecular complexity index is 2780. The van der Waals surface area contributed by atoms with Crippen molar-refractivity contribution in [1.29, 1.82) is 0 Å². The zero-order valence-corrected chi connectivity index (χ0v) is 43.4. The Kier molecular flexibility index (Phi) is 14.4. The third kappa shape index (κ3) is 9.99. The van der Waals surface area contributed by atoms with Crippen molar-refractivity contribution < 1.29 is 38.6 Å². The van der Waals surface area contributed by atoms with Gasteiger partial charge in [-0.3, -0.25) is 38.9 Å². The number of pyridine rings is 1. The second kappa shape index (κ2) is 19.9. The van der Waals surface area contributed by atoms with Gasteiger partial charge in [0.2, 0.25) is 17.7 Å². The number of fused-ring (bicyclic) bond motifs is 6. The molecule has 5 heterocycles. The number of phenols is 1. The van der Waals surface area contributed by atoms with Gasteiger partial charge in [0.1, 0.15) is 17.8 Å². The quantitative estimate of drug-likeness (QED) is 0.167. The van der Waals surface area contributed by atoms with E-state index in [9.17, 15) is 24.3 Å². The highest BCUT2D eigenvalue weighted by Gasteiger charge is 2.60. The predicted octanol–water partition coefficient (Wildman–Crippen LogP) is 6.44. The molecule has 4 amide bonds. The van der Waals surface area contributed by atoms with Crippen LogP contribution in [0.5, 0.6) is 5.75 Å². The molecule has 3 aliphatic heterocycles. The minimum absolute atomic E-state index is 0.0222. The largest absolute Gasteiger partial charge is 0.508 e. The SMILES string of the molecule is CCn1c(-c2cnccc2COC)c2c3cc(ccc31)-c1cc(O)cc(c1)C[C@]1(CC1=NC(=O)[C@H](C(C)C)N(C)C(=O)[C@H]1CCN(C(=O)C(C)(C)N(C)C)C1)C(=O)N1CCC[C@H](N1)C(=O)OCC(C)(C)C2. The van der Waals surface area contributed by atoms with Crippen LogP contribution in [0.25, 0.3) is 33.3 Å². The number of likely N-dealkylation sites (N-methyl/N-ethyl adjacent to an activating group) is 2. The second-order valence-electron chi connectivity index (χ2n) is 22.0. The van der Waals surface area contributed by atoms with Gasteiger partial charge in [-0.05, 0) is 131 Å². The van der Waals surface area contributed by atoms with Gasteiger partial charge in [-0.2, -0.15) is 0 Å². The van der Waals surface area contributed by atoms with E-state index in [2.05, 4.69) is 52.9 Å². The van der Waals surface area contributed by atoms with E-state index < -0.39 is 46.2 Å². The summed E-state index contributed by atoms with van der Waals surface area (Å²) in [6.07, 6.45) is 5.96. The van der Waals surface area contributed by atoms with E-state index in [1.54, 1.807) is 37.4 Å². The molecule has 4 aromatic rings. The predicted molar refractivity (Wildman–Crippen MR) is 272 cm³/mol. The Morgan fingerprint density at radius 3 is 2.48 bits per heavy atom. The fraction of sp³-hybridized carbons (Fsp3) is 0.545. The molecule has 4 atom stereocenters. The molecule has 1 saturated carbocycles. The van der Waals surface area contributed by atoms with Crippen molar-refractivity contribution in [3.63, 3.8) is 0 Å². The van der Waals surface area contributed by atoms with Gasteiger partial charge >= 0.3 is 5.97 Å². The van der Waals surface area contributed by atoms with Gasteiger partial charge in [-0.1, -0.05) is 39.8 Å². The molecule has 380 valence electrons. The van der Waals surface area contributed by atoms with Gasteiger partial charge < -0.3 is 28.9 Å². The number of hydrazine groups is 1. The van der Waals surface area contributed by atoms with Crippen molar-refractivity contribution >= 4 is 46.2 Å². The van der Waals surface area contributed by atoms with Crippen LogP contribution in [0.4, 0.5) is 0 Å². The molecule has 1 aliphatic carbocycles. The summed E-state index contributed by atoms with van der Waals surface area (Å²) in [5.74, 6) is -2.41. The minimum Gasteiger partial charge on any atom is -0.508 e. The molecule has 3 fully saturated rings. The zero-order chi connectivity index (χ0) is 51.3. The van der Waals surface area contributed by atoms with E-state index in [0.29, 0.717) is 63.2 Å². The Balaban J connectivity index is 1.17. The van der Waals surface area contributed by atoms with Gasteiger partial charge in [-0.25, -0.2) is 10.4 Å². The lowest BCUT2D eigenvalue weighted by atomic mass is 9.84. The van der Waals surface area contributed by atoms with Gasteiger partial charge in [-0.15, -0.1) is 0 Å². The number of esters is 1. The van der Waals surface area contributed by atoms with Gasteiger partial charge in [0.15, 0.2) is 0 Å². The standard InChI is InChI=1S/C55H72N8O8/c1-12-62-44-16-15-35-25-40(44)41(47(62)42-29-56-19-17-37(42)31-70-11)27-53(4,5)32-71-50(67)43-14-13-20-63(58-43)52(69)55(26-34-22-38(35)24-39(64)23-34)28-45(55)57-48(65)46(33(2)3)60(10)49(66)36-18-21-61(30-36)51(68)54(6,7)59(8)9/h15-17,19,22-25,29,33,36,43,46,58,64H,12-14,18,20-21,26-28,30-32H2,1-11H3/t36-,43-,46-,55+/m0/s1. The fourth-order valence-corrected chi connectivity index (χ4v) is 11.0. The van der Waals surface area contributed by atoms with Crippen LogP contribution in [0.3, 0.4) is 0 Å². The van der Waals surface area contributed by atoms with Crippen LogP contribution < -0.4 is 5.43 Å². The van der Waals surface area contributed by atoms with Crippen LogP contribution in [0, 0.1) is 22.7 Å². The number of ether oxygens (including phenoxy) is 2. The molecule has 16 nitrogen and oxygen atoms in total. The van der Waals surface area contributed by atoms with E-state index in [1.807, 2.05) is 71.1 Å². The number of aryl methyl sites for hydroxylation is 1. The minimum atomic E-state index is -1.28. The first kappa shape index (κ1) is 51.4. The number of aromatic nitrogens is 2. The molecule has 0 radical (unpaired) electrons. The number of methoxy groups -OCH3 is 1. The number of aromatic hydroxyl groups is 1. The van der Waals surface area contributed by atoms with Crippen LogP contribution in [0.15, 0.2) is 59.9 Å². The molecule has 16 heteroatoms. The van der Waals surface area contributed by atoms with E-state index in [-0.39, 0.29) is 55.4 Å². The number of phenolic OH excluding ortho intramolecular Hbond substituents is 1. The van der Waals surface area contributed by atoms with Crippen molar-refractivity contribution in [3.8, 4) is 28.1 Å². The van der Waals surface area contributed by atoms with E-state index >= 15 is 4.79 Å². The summed E-state index contributed by atoms with van der Waals surface area (Å²) in [6, 6.07) is 11.9. The van der Waals surface area contributed by atoms with Crippen molar-refractivity contribution in [1.82, 2.24) is 34.7 Å². The maximum atomic E-state index is 15.1. The number of rotatable bonds is 10. The molecule has 1 spiro atoms. The van der Waals surface area contributed by atoms with E-state index in [4.69, 9.17) is 9.47 Å². The number of amides is 4. The molecule has 0 unspecified atom stereocenters. The number of benzene rings is 2. The normalized spacial score (nSPS) is 22.6. The monoisotopic (exact) mass is 973 g/mol. The molecule has 2 aromatic carbocycles. The van der Waals surface area contributed by atoms with Gasteiger partial charge in [0.25, 0.3) is 5.91 Å². The lowest BCUT2D eigenvalue weighted by Gasteiger charge is -2.35. The number of hydrogen-bond acceptors (Lipinski definition) is 11. The first-order valence-corrected chi connectivity index (χ1v) is 25.1. The van der Waals surface area contributed by atoms with Gasteiger partial charge in [0, 0.05) is 86.7 Å². The summed E-state index contributed by atoms with van der Waals surface area (Å²) in [6.45, 7) is 15.9. The highest BCUT2D eigenvalue weighted by molar-refractivity contribution is 6.24. The average Bonchev–Trinajstić information content (AvgIpc) is 3.62. The van der Waals surface area contributed by atoms with Crippen molar-refractivity contribution in [3.05, 3.63) is 71.5 Å². The molecule has 8 rings (SSSR count). The Morgan fingerprint density at radius 2 is 1.77 bits per heavy atom. The van der Waals surface area contributed by atoms with Crippen LogP contribution in [0.2, 0.25) is 0 Å². The number of likely N-dealkylation sites (tertiary alicyclic amines) is 1. The Morgan fingerprint density at radius 1 is 1.01 bits per heavy atom. The lowest BCUT2D eigenvalue weighted by molar-refractivity contribution is -0.155. The fourth-order valence-electron chi connectivity index (χ4n) is 11.0. The number of carbonyl (C=O) groups excluding carboxylic acids is 5. The third-order valence-corrected chi connectivity index (χ3v) is 15.4. The van der Waals surface area contributed by atoms with E-state index in [0.717, 1.165) is 44.4 Å². The summed E-state index contributed by atoms with van der Waals surface area (Å²) in [5, 5.41) is 13.9. The molecule has 2 aromatic heterocycles. The van der Waals surface area contributed by atoms with E-state index in [1.165, 1.54) is 9.91 Å². The first-order chi connectivity index (χ1) is 33.6. The Labute approximate surface area is 417 Å². The van der Waals surface area contributed by atoms with Crippen LogP contribution in [0.1, 0.15) is 90.8 Å². The average molecular weight is 973 g/mol. The number of aliphatic imine (C=N–C) groups is 1. The number of hydrogen-bond donors (Lipinski definition) is 2. The lowest BCUT2D eigenvalue weighted by Crippen LogP contribution is -2.57. The summed E-state index contributed by atoms with van der Waals surface area (Å²) in [7, 11) is 7.00. The molecule has 71 heavy (non-hydrogen) atoms. The van der Waals surface area contributed by atoms with Gasteiger partial charge in [0.05, 0.1) is 35.8 Å². The number of cyclic esters (lactones) is 1. The van der Waals surface area contributed by atoms with Crippen LogP contribution >= 0.6 is 0 Å². The Hall–Kier alpha value is -5.97. The van der Waals surface area contributed by atoms with Crippen LogP contribution in [-0.4, -0.2) is 142 Å². The topological polar surface area (TPSA) is 179 Å². The summed E-state index contributed by atoms with van der Waals surface area (Å²) < 4.78 is 14.1. The molecular weight excluding hydrogens is 901 g/mol. The second-order valence-corrected chi connectivity index (χ2v) is 22.0. The number of carbonyl (C=O) groups is 5.